The van der Waals surface area contributed by atoms with Gasteiger partial charge in [0.25, 0.3) is 0 Å². The van der Waals surface area contributed by atoms with Crippen LogP contribution in [-0.2, 0) is 11.2 Å². The van der Waals surface area contributed by atoms with E-state index < -0.39 is 0 Å². The van der Waals surface area contributed by atoms with Crippen LogP contribution in [0, 0.1) is 0 Å². The average molecular weight is 250 g/mol. The zero-order chi connectivity index (χ0) is 13.0. The fourth-order valence-electron chi connectivity index (χ4n) is 2.41. The maximum absolute atomic E-state index is 10.1. The van der Waals surface area contributed by atoms with Crippen LogP contribution < -0.4 is 4.74 Å². The number of ether oxygens (including phenoxy) is 2. The van der Waals surface area contributed by atoms with Gasteiger partial charge in [0.05, 0.1) is 25.4 Å². The van der Waals surface area contributed by atoms with Gasteiger partial charge in [-0.15, -0.1) is 0 Å². The highest BCUT2D eigenvalue weighted by atomic mass is 16.5. The molecule has 0 saturated carbocycles. The predicted octanol–water partition coefficient (Wildman–Crippen LogP) is 2.56. The fourth-order valence-corrected chi connectivity index (χ4v) is 2.41. The predicted molar refractivity (Wildman–Crippen MR) is 70.9 cm³/mol. The maximum atomic E-state index is 10.1. The van der Waals surface area contributed by atoms with Crippen molar-refractivity contribution in [2.45, 2.75) is 50.9 Å². The van der Waals surface area contributed by atoms with Crippen LogP contribution in [0.5, 0.6) is 5.75 Å². The first-order valence-corrected chi connectivity index (χ1v) is 6.65. The van der Waals surface area contributed by atoms with E-state index in [0.717, 1.165) is 31.4 Å². The lowest BCUT2D eigenvalue weighted by Gasteiger charge is -2.18. The smallest absolute Gasteiger partial charge is 0.118 e. The molecule has 0 amide bonds. The van der Waals surface area contributed by atoms with Crippen molar-refractivity contribution in [2.24, 2.45) is 0 Å². The van der Waals surface area contributed by atoms with Crippen LogP contribution in [0.25, 0.3) is 0 Å². The Labute approximate surface area is 109 Å². The van der Waals surface area contributed by atoms with Crippen LogP contribution in [0.2, 0.25) is 0 Å². The Morgan fingerprint density at radius 1 is 1.33 bits per heavy atom. The molecule has 3 heteroatoms. The van der Waals surface area contributed by atoms with E-state index in [-0.39, 0.29) is 12.2 Å². The molecule has 1 fully saturated rings. The third-order valence-electron chi connectivity index (χ3n) is 3.58. The Bertz CT molecular complexity index is 361. The minimum atomic E-state index is -0.350. The van der Waals surface area contributed by atoms with Gasteiger partial charge in [0.1, 0.15) is 5.75 Å². The van der Waals surface area contributed by atoms with Crippen molar-refractivity contribution in [2.75, 3.05) is 7.11 Å². The molecule has 1 aromatic carbocycles. The van der Waals surface area contributed by atoms with Gasteiger partial charge >= 0.3 is 0 Å². The minimum absolute atomic E-state index is 0.0262. The van der Waals surface area contributed by atoms with Crippen LogP contribution in [0.3, 0.4) is 0 Å². The Morgan fingerprint density at radius 3 is 2.61 bits per heavy atom. The van der Waals surface area contributed by atoms with Gasteiger partial charge in [-0.25, -0.2) is 0 Å². The monoisotopic (exact) mass is 250 g/mol. The highest BCUT2D eigenvalue weighted by Gasteiger charge is 2.27. The van der Waals surface area contributed by atoms with Gasteiger partial charge in [0.15, 0.2) is 0 Å². The molecule has 0 radical (unpaired) electrons. The van der Waals surface area contributed by atoms with E-state index in [0.29, 0.717) is 6.10 Å². The van der Waals surface area contributed by atoms with Gasteiger partial charge < -0.3 is 14.6 Å². The number of hydrogen-bond donors (Lipinski definition) is 1. The summed E-state index contributed by atoms with van der Waals surface area (Å²) in [5.74, 6) is 0.868. The number of methoxy groups -OCH3 is 1. The minimum Gasteiger partial charge on any atom is -0.497 e. The largest absolute Gasteiger partial charge is 0.497 e. The average Bonchev–Trinajstić information content (AvgIpc) is 2.83. The lowest BCUT2D eigenvalue weighted by molar-refractivity contribution is -0.0312. The first-order chi connectivity index (χ1) is 8.69. The van der Waals surface area contributed by atoms with Crippen LogP contribution in [0.1, 0.15) is 31.7 Å². The summed E-state index contributed by atoms with van der Waals surface area (Å²) in [5, 5.41) is 10.1. The van der Waals surface area contributed by atoms with Gasteiger partial charge in [-0.2, -0.15) is 0 Å². The number of aliphatic hydroxyl groups is 1. The van der Waals surface area contributed by atoms with E-state index in [1.807, 2.05) is 24.3 Å². The second-order valence-corrected chi connectivity index (χ2v) is 5.02. The van der Waals surface area contributed by atoms with E-state index in [1.165, 1.54) is 5.56 Å². The summed E-state index contributed by atoms with van der Waals surface area (Å²) in [5.41, 5.74) is 1.22. The quantitative estimate of drug-likeness (QED) is 0.873. The second-order valence-electron chi connectivity index (χ2n) is 5.02. The van der Waals surface area contributed by atoms with Crippen molar-refractivity contribution in [3.05, 3.63) is 29.8 Å². The number of aliphatic hydroxyl groups excluding tert-OH is 1. The Hall–Kier alpha value is -1.06. The Kier molecular flexibility index (Phi) is 4.61. The molecule has 3 unspecified atom stereocenters. The van der Waals surface area contributed by atoms with Gasteiger partial charge in [-0.3, -0.25) is 0 Å². The zero-order valence-electron chi connectivity index (χ0n) is 11.1. The van der Waals surface area contributed by atoms with Gasteiger partial charge in [-0.1, -0.05) is 12.1 Å². The molecule has 1 aliphatic rings. The molecular weight excluding hydrogens is 228 g/mol. The molecule has 2 rings (SSSR count). The third kappa shape index (κ3) is 3.47. The van der Waals surface area contributed by atoms with Gasteiger partial charge in [0, 0.05) is 0 Å². The molecule has 100 valence electrons. The summed E-state index contributed by atoms with van der Waals surface area (Å²) >= 11 is 0. The summed E-state index contributed by atoms with van der Waals surface area (Å²) in [6.45, 7) is 2.07. The van der Waals surface area contributed by atoms with Crippen molar-refractivity contribution < 1.29 is 14.6 Å². The fraction of sp³-hybridized carbons (Fsp3) is 0.600. The first kappa shape index (κ1) is 13.4. The van der Waals surface area contributed by atoms with Gasteiger partial charge in [-0.05, 0) is 50.3 Å². The number of aryl methyl sites for hydroxylation is 1. The second kappa shape index (κ2) is 6.21. The first-order valence-electron chi connectivity index (χ1n) is 6.65. The molecule has 3 atom stereocenters. The standard InChI is InChI=1S/C15H22O3/c1-11-3-10-15(18-11)14(16)9-6-12-4-7-13(17-2)8-5-12/h4-5,7-8,11,14-16H,3,6,9-10H2,1-2H3. The van der Waals surface area contributed by atoms with Crippen molar-refractivity contribution in [1.82, 2.24) is 0 Å². The molecule has 1 saturated heterocycles. The normalized spacial score (nSPS) is 25.1. The Balaban J connectivity index is 1.79. The van der Waals surface area contributed by atoms with E-state index in [2.05, 4.69) is 6.92 Å². The summed E-state index contributed by atoms with van der Waals surface area (Å²) in [6, 6.07) is 8.00. The molecule has 1 aliphatic heterocycles. The highest BCUT2D eigenvalue weighted by Crippen LogP contribution is 2.24. The molecule has 1 heterocycles. The maximum Gasteiger partial charge on any atom is 0.118 e. The molecule has 18 heavy (non-hydrogen) atoms. The van der Waals surface area contributed by atoms with Crippen LogP contribution in [-0.4, -0.2) is 30.5 Å². The molecule has 1 N–H and O–H groups in total. The highest BCUT2D eigenvalue weighted by molar-refractivity contribution is 5.27. The number of benzene rings is 1. The van der Waals surface area contributed by atoms with Crippen molar-refractivity contribution in [3.63, 3.8) is 0 Å². The summed E-state index contributed by atoms with van der Waals surface area (Å²) < 4.78 is 10.8. The lowest BCUT2D eigenvalue weighted by atomic mass is 10.0. The van der Waals surface area contributed by atoms with E-state index in [4.69, 9.17) is 9.47 Å². The van der Waals surface area contributed by atoms with Crippen LogP contribution >= 0.6 is 0 Å². The summed E-state index contributed by atoms with van der Waals surface area (Å²) in [6.07, 6.45) is 3.64. The van der Waals surface area contributed by atoms with Crippen molar-refractivity contribution in [1.29, 1.82) is 0 Å². The molecule has 3 nitrogen and oxygen atoms in total. The Morgan fingerprint density at radius 2 is 2.06 bits per heavy atom. The van der Waals surface area contributed by atoms with E-state index >= 15 is 0 Å². The van der Waals surface area contributed by atoms with Crippen LogP contribution in [0.4, 0.5) is 0 Å². The molecular formula is C15H22O3. The molecule has 0 bridgehead atoms. The topological polar surface area (TPSA) is 38.7 Å². The van der Waals surface area contributed by atoms with E-state index in [1.54, 1.807) is 7.11 Å². The zero-order valence-corrected chi connectivity index (χ0v) is 11.1. The number of rotatable bonds is 5. The molecule has 0 spiro atoms. The molecule has 0 aromatic heterocycles. The molecule has 1 aromatic rings. The van der Waals surface area contributed by atoms with Crippen molar-refractivity contribution in [3.8, 4) is 5.75 Å². The van der Waals surface area contributed by atoms with Crippen LogP contribution in [0.15, 0.2) is 24.3 Å². The lowest BCUT2D eigenvalue weighted by Crippen LogP contribution is -2.26. The summed E-state index contributed by atoms with van der Waals surface area (Å²) in [4.78, 5) is 0. The SMILES string of the molecule is COc1ccc(CCC(O)C2CCC(C)O2)cc1. The molecule has 0 aliphatic carbocycles. The summed E-state index contributed by atoms with van der Waals surface area (Å²) in [7, 11) is 1.66. The van der Waals surface area contributed by atoms with Crippen molar-refractivity contribution >= 4 is 0 Å². The number of hydrogen-bond acceptors (Lipinski definition) is 3. The third-order valence-corrected chi connectivity index (χ3v) is 3.58. The van der Waals surface area contributed by atoms with Gasteiger partial charge in [0.2, 0.25) is 0 Å². The van der Waals surface area contributed by atoms with E-state index in [9.17, 15) is 5.11 Å².